The molecule has 126 valence electrons. The molecule has 0 saturated heterocycles. The van der Waals surface area contributed by atoms with E-state index in [1.54, 1.807) is 20.2 Å². The van der Waals surface area contributed by atoms with E-state index in [0.29, 0.717) is 24.0 Å². The van der Waals surface area contributed by atoms with Gasteiger partial charge in [-0.3, -0.25) is 0 Å². The number of hydrogen-bond donors (Lipinski definition) is 1. The molecule has 0 saturated carbocycles. The van der Waals surface area contributed by atoms with Crippen LogP contribution < -0.4 is 14.9 Å². The number of nitrogens with one attached hydrogen (secondary N) is 1. The SMILES string of the molecule is CCCCOc1ccc(C=NNc2oc(C)nc2C#N)cc1OC. The lowest BCUT2D eigenvalue weighted by molar-refractivity contribution is 0.288. The second-order valence-corrected chi connectivity index (χ2v) is 5.00. The van der Waals surface area contributed by atoms with Gasteiger partial charge in [-0.25, -0.2) is 10.4 Å². The summed E-state index contributed by atoms with van der Waals surface area (Å²) in [6.07, 6.45) is 3.66. The van der Waals surface area contributed by atoms with E-state index in [0.717, 1.165) is 18.4 Å². The van der Waals surface area contributed by atoms with Crippen molar-refractivity contribution in [3.63, 3.8) is 0 Å². The summed E-state index contributed by atoms with van der Waals surface area (Å²) < 4.78 is 16.3. The molecule has 1 aromatic heterocycles. The van der Waals surface area contributed by atoms with Crippen LogP contribution in [0.15, 0.2) is 27.7 Å². The fraction of sp³-hybridized carbons (Fsp3) is 0.353. The molecule has 0 atom stereocenters. The average Bonchev–Trinajstić information content (AvgIpc) is 2.95. The van der Waals surface area contributed by atoms with Gasteiger partial charge in [0.05, 0.1) is 19.9 Å². The van der Waals surface area contributed by atoms with Crippen LogP contribution in [0.1, 0.15) is 36.9 Å². The summed E-state index contributed by atoms with van der Waals surface area (Å²) in [4.78, 5) is 3.93. The number of hydrogen-bond acceptors (Lipinski definition) is 7. The molecule has 2 aromatic rings. The number of benzene rings is 1. The van der Waals surface area contributed by atoms with Crippen molar-refractivity contribution in [1.82, 2.24) is 4.98 Å². The zero-order chi connectivity index (χ0) is 17.4. The van der Waals surface area contributed by atoms with Gasteiger partial charge in [0.1, 0.15) is 6.07 Å². The van der Waals surface area contributed by atoms with Crippen molar-refractivity contribution in [3.8, 4) is 17.6 Å². The van der Waals surface area contributed by atoms with E-state index in [-0.39, 0.29) is 11.6 Å². The molecular weight excluding hydrogens is 308 g/mol. The van der Waals surface area contributed by atoms with Crippen LogP contribution in [-0.4, -0.2) is 24.9 Å². The third-order valence-corrected chi connectivity index (χ3v) is 3.16. The van der Waals surface area contributed by atoms with E-state index in [4.69, 9.17) is 19.2 Å². The highest BCUT2D eigenvalue weighted by molar-refractivity contribution is 5.81. The summed E-state index contributed by atoms with van der Waals surface area (Å²) in [5.41, 5.74) is 3.66. The molecule has 0 spiro atoms. The van der Waals surface area contributed by atoms with Crippen molar-refractivity contribution in [2.45, 2.75) is 26.7 Å². The molecule has 24 heavy (non-hydrogen) atoms. The number of anilines is 1. The summed E-state index contributed by atoms with van der Waals surface area (Å²) in [6, 6.07) is 7.47. The maximum absolute atomic E-state index is 8.94. The number of ether oxygens (including phenoxy) is 2. The molecule has 1 heterocycles. The molecule has 7 heteroatoms. The van der Waals surface area contributed by atoms with Crippen LogP contribution in [0, 0.1) is 18.3 Å². The van der Waals surface area contributed by atoms with Crippen LogP contribution in [0.4, 0.5) is 5.88 Å². The van der Waals surface area contributed by atoms with Gasteiger partial charge in [0.15, 0.2) is 17.4 Å². The lowest BCUT2D eigenvalue weighted by Gasteiger charge is -2.10. The molecule has 0 radical (unpaired) electrons. The van der Waals surface area contributed by atoms with Crippen molar-refractivity contribution in [2.75, 3.05) is 19.1 Å². The molecule has 0 fully saturated rings. The number of rotatable bonds is 8. The Balaban J connectivity index is 2.05. The smallest absolute Gasteiger partial charge is 0.252 e. The molecule has 0 bridgehead atoms. The van der Waals surface area contributed by atoms with E-state index in [2.05, 4.69) is 22.4 Å². The second-order valence-electron chi connectivity index (χ2n) is 5.00. The second kappa shape index (κ2) is 8.58. The highest BCUT2D eigenvalue weighted by Gasteiger charge is 2.09. The summed E-state index contributed by atoms with van der Waals surface area (Å²) in [6.45, 7) is 4.43. The number of nitriles is 1. The Hall–Kier alpha value is -3.01. The van der Waals surface area contributed by atoms with Gasteiger partial charge in [-0.05, 0) is 30.2 Å². The lowest BCUT2D eigenvalue weighted by Crippen LogP contribution is -1.99. The minimum Gasteiger partial charge on any atom is -0.493 e. The molecule has 0 aliphatic carbocycles. The minimum absolute atomic E-state index is 0.168. The zero-order valence-corrected chi connectivity index (χ0v) is 14.0. The molecule has 7 nitrogen and oxygen atoms in total. The van der Waals surface area contributed by atoms with Crippen LogP contribution in [0.3, 0.4) is 0 Å². The van der Waals surface area contributed by atoms with Gasteiger partial charge < -0.3 is 13.9 Å². The number of hydrazone groups is 1. The molecule has 0 amide bonds. The van der Waals surface area contributed by atoms with E-state index in [9.17, 15) is 0 Å². The Labute approximate surface area is 140 Å². The van der Waals surface area contributed by atoms with E-state index in [1.165, 1.54) is 0 Å². The maximum atomic E-state index is 8.94. The van der Waals surface area contributed by atoms with Gasteiger partial charge >= 0.3 is 0 Å². The van der Waals surface area contributed by atoms with Gasteiger partial charge in [0, 0.05) is 6.92 Å². The largest absolute Gasteiger partial charge is 0.493 e. The molecule has 1 N–H and O–H groups in total. The van der Waals surface area contributed by atoms with Gasteiger partial charge in [0.2, 0.25) is 5.69 Å². The first-order valence-corrected chi connectivity index (χ1v) is 7.65. The predicted octanol–water partition coefficient (Wildman–Crippen LogP) is 3.49. The standard InChI is InChI=1S/C17H20N4O3/c1-4-5-8-23-15-7-6-13(9-16(15)22-3)11-19-21-17-14(10-18)20-12(2)24-17/h6-7,9,11,21H,4-5,8H2,1-3H3. The maximum Gasteiger partial charge on any atom is 0.252 e. The van der Waals surface area contributed by atoms with Crippen LogP contribution in [0.2, 0.25) is 0 Å². The number of nitrogens with zero attached hydrogens (tertiary/aromatic N) is 3. The fourth-order valence-corrected chi connectivity index (χ4v) is 1.95. The predicted molar refractivity (Wildman–Crippen MR) is 90.6 cm³/mol. The monoisotopic (exact) mass is 328 g/mol. The minimum atomic E-state index is 0.168. The molecule has 1 aromatic carbocycles. The van der Waals surface area contributed by atoms with Crippen molar-refractivity contribution in [1.29, 1.82) is 5.26 Å². The van der Waals surface area contributed by atoms with E-state index < -0.39 is 0 Å². The third kappa shape index (κ3) is 4.49. The summed E-state index contributed by atoms with van der Waals surface area (Å²) in [5, 5.41) is 13.0. The highest BCUT2D eigenvalue weighted by atomic mass is 16.5. The first-order chi connectivity index (χ1) is 11.7. The number of unbranched alkanes of at least 4 members (excludes halogenated alkanes) is 1. The quantitative estimate of drug-likeness (QED) is 0.453. The van der Waals surface area contributed by atoms with E-state index >= 15 is 0 Å². The van der Waals surface area contributed by atoms with Crippen LogP contribution in [0.5, 0.6) is 11.5 Å². The summed E-state index contributed by atoms with van der Waals surface area (Å²) >= 11 is 0. The Morgan fingerprint density at radius 2 is 2.25 bits per heavy atom. The molecule has 2 rings (SSSR count). The Kier molecular flexibility index (Phi) is 6.20. The van der Waals surface area contributed by atoms with Gasteiger partial charge in [0.25, 0.3) is 5.88 Å². The Morgan fingerprint density at radius 3 is 2.96 bits per heavy atom. The normalized spacial score (nSPS) is 10.6. The number of aromatic nitrogens is 1. The zero-order valence-electron chi connectivity index (χ0n) is 14.0. The Morgan fingerprint density at radius 1 is 1.42 bits per heavy atom. The van der Waals surface area contributed by atoms with Crippen LogP contribution in [-0.2, 0) is 0 Å². The molecule has 0 aliphatic heterocycles. The number of methoxy groups -OCH3 is 1. The van der Waals surface area contributed by atoms with Crippen LogP contribution in [0.25, 0.3) is 0 Å². The van der Waals surface area contributed by atoms with Crippen molar-refractivity contribution in [3.05, 3.63) is 35.3 Å². The first kappa shape index (κ1) is 17.3. The van der Waals surface area contributed by atoms with E-state index in [1.807, 2.05) is 24.3 Å². The Bertz CT molecular complexity index is 747. The first-order valence-electron chi connectivity index (χ1n) is 7.65. The van der Waals surface area contributed by atoms with Crippen molar-refractivity contribution < 1.29 is 13.9 Å². The number of aryl methyl sites for hydroxylation is 1. The third-order valence-electron chi connectivity index (χ3n) is 3.16. The van der Waals surface area contributed by atoms with Gasteiger partial charge in [-0.15, -0.1) is 0 Å². The molecule has 0 unspecified atom stereocenters. The van der Waals surface area contributed by atoms with Gasteiger partial charge in [-0.1, -0.05) is 13.3 Å². The molecular formula is C17H20N4O3. The topological polar surface area (TPSA) is 92.7 Å². The highest BCUT2D eigenvalue weighted by Crippen LogP contribution is 2.27. The average molecular weight is 328 g/mol. The van der Waals surface area contributed by atoms with Crippen LogP contribution >= 0.6 is 0 Å². The summed E-state index contributed by atoms with van der Waals surface area (Å²) in [7, 11) is 1.59. The molecule has 0 aliphatic rings. The van der Waals surface area contributed by atoms with Crippen molar-refractivity contribution >= 4 is 12.1 Å². The van der Waals surface area contributed by atoms with Gasteiger partial charge in [-0.2, -0.15) is 10.4 Å². The lowest BCUT2D eigenvalue weighted by atomic mass is 10.2. The summed E-state index contributed by atoms with van der Waals surface area (Å²) in [5.74, 6) is 1.97. The van der Waals surface area contributed by atoms with Crippen molar-refractivity contribution in [2.24, 2.45) is 5.10 Å². The number of oxazole rings is 1. The fourth-order valence-electron chi connectivity index (χ4n) is 1.95.